The summed E-state index contributed by atoms with van der Waals surface area (Å²) in [5, 5.41) is 16.7. The fourth-order valence-electron chi connectivity index (χ4n) is 3.60. The Morgan fingerprint density at radius 2 is 1.79 bits per heavy atom. The molecule has 0 aliphatic carbocycles. The summed E-state index contributed by atoms with van der Waals surface area (Å²) < 4.78 is 4.11. The van der Waals surface area contributed by atoms with Crippen molar-refractivity contribution in [3.63, 3.8) is 0 Å². The van der Waals surface area contributed by atoms with E-state index in [9.17, 15) is 5.26 Å². The molecule has 0 N–H and O–H groups in total. The lowest BCUT2D eigenvalue weighted by molar-refractivity contribution is -0.601. The van der Waals surface area contributed by atoms with Gasteiger partial charge in [-0.1, -0.05) is 18.2 Å². The quantitative estimate of drug-likeness (QED) is 0.476. The van der Waals surface area contributed by atoms with Crippen molar-refractivity contribution in [1.82, 2.24) is 9.78 Å². The van der Waals surface area contributed by atoms with Crippen LogP contribution < -0.4 is 4.57 Å². The van der Waals surface area contributed by atoms with Crippen LogP contribution in [0, 0.1) is 25.2 Å². The minimum Gasteiger partial charge on any atom is -0.270 e. The van der Waals surface area contributed by atoms with E-state index in [4.69, 9.17) is 5.10 Å². The standard InChI is InChI=1S/C24H23N4/c1-16(2)28-10-9-23(26-28)22-12-19(14-25)13-24(18(22)4)27-15-21-8-6-5-7-20(21)11-17(27)3/h5-13,15-16H,1-4H3/q+1. The van der Waals surface area contributed by atoms with Gasteiger partial charge in [0.05, 0.1) is 17.3 Å². The van der Waals surface area contributed by atoms with Gasteiger partial charge in [-0.05, 0) is 44.4 Å². The van der Waals surface area contributed by atoms with Crippen molar-refractivity contribution in [3.05, 3.63) is 77.7 Å². The number of rotatable bonds is 3. The zero-order valence-electron chi connectivity index (χ0n) is 16.6. The van der Waals surface area contributed by atoms with E-state index in [2.05, 4.69) is 68.8 Å². The molecule has 0 atom stereocenters. The van der Waals surface area contributed by atoms with Gasteiger partial charge in [0.15, 0.2) is 11.9 Å². The summed E-state index contributed by atoms with van der Waals surface area (Å²) in [6, 6.07) is 19.0. The third-order valence-corrected chi connectivity index (χ3v) is 5.19. The van der Waals surface area contributed by atoms with Crippen LogP contribution in [0.5, 0.6) is 0 Å². The highest BCUT2D eigenvalue weighted by molar-refractivity contribution is 5.81. The van der Waals surface area contributed by atoms with E-state index in [0.29, 0.717) is 11.6 Å². The van der Waals surface area contributed by atoms with Crippen LogP contribution in [0.25, 0.3) is 27.7 Å². The third-order valence-electron chi connectivity index (χ3n) is 5.19. The van der Waals surface area contributed by atoms with Crippen molar-refractivity contribution >= 4 is 10.8 Å². The highest BCUT2D eigenvalue weighted by atomic mass is 15.3. The molecule has 0 aliphatic rings. The van der Waals surface area contributed by atoms with Gasteiger partial charge in [-0.2, -0.15) is 14.9 Å². The van der Waals surface area contributed by atoms with Crippen molar-refractivity contribution in [3.8, 4) is 23.0 Å². The van der Waals surface area contributed by atoms with Gasteiger partial charge in [0, 0.05) is 47.8 Å². The molecule has 4 rings (SSSR count). The van der Waals surface area contributed by atoms with E-state index >= 15 is 0 Å². The molecule has 0 fully saturated rings. The predicted molar refractivity (Wildman–Crippen MR) is 111 cm³/mol. The molecular formula is C24H23N4+. The maximum Gasteiger partial charge on any atom is 0.215 e. The minimum absolute atomic E-state index is 0.296. The molecule has 0 unspecified atom stereocenters. The number of nitrogens with zero attached hydrogens (tertiary/aromatic N) is 4. The summed E-state index contributed by atoms with van der Waals surface area (Å²) in [6.07, 6.45) is 4.14. The molecule has 0 bridgehead atoms. The molecule has 0 saturated carbocycles. The van der Waals surface area contributed by atoms with E-state index < -0.39 is 0 Å². The average Bonchev–Trinajstić information content (AvgIpc) is 3.18. The smallest absolute Gasteiger partial charge is 0.215 e. The number of aryl methyl sites for hydroxylation is 1. The topological polar surface area (TPSA) is 45.5 Å². The molecule has 0 aliphatic heterocycles. The lowest BCUT2D eigenvalue weighted by atomic mass is 10.00. The van der Waals surface area contributed by atoms with Crippen LogP contribution in [0.4, 0.5) is 0 Å². The number of hydrogen-bond acceptors (Lipinski definition) is 2. The number of hydrogen-bond donors (Lipinski definition) is 0. The fourth-order valence-corrected chi connectivity index (χ4v) is 3.60. The number of aromatic nitrogens is 3. The van der Waals surface area contributed by atoms with Gasteiger partial charge in [0.2, 0.25) is 5.69 Å². The maximum atomic E-state index is 9.62. The van der Waals surface area contributed by atoms with Crippen LogP contribution >= 0.6 is 0 Å². The highest BCUT2D eigenvalue weighted by Crippen LogP contribution is 2.27. The van der Waals surface area contributed by atoms with E-state index in [1.165, 1.54) is 10.8 Å². The monoisotopic (exact) mass is 367 g/mol. The van der Waals surface area contributed by atoms with Gasteiger partial charge >= 0.3 is 0 Å². The second-order valence-electron chi connectivity index (χ2n) is 7.47. The molecule has 2 heterocycles. The molecule has 2 aromatic heterocycles. The lowest BCUT2D eigenvalue weighted by Crippen LogP contribution is -2.35. The zero-order valence-corrected chi connectivity index (χ0v) is 16.6. The maximum absolute atomic E-state index is 9.62. The first-order valence-electron chi connectivity index (χ1n) is 9.49. The highest BCUT2D eigenvalue weighted by Gasteiger charge is 2.20. The van der Waals surface area contributed by atoms with Crippen LogP contribution in [0.3, 0.4) is 0 Å². The van der Waals surface area contributed by atoms with E-state index in [-0.39, 0.29) is 0 Å². The Labute approximate surface area is 165 Å². The summed E-state index contributed by atoms with van der Waals surface area (Å²) in [7, 11) is 0. The molecule has 28 heavy (non-hydrogen) atoms. The fraction of sp³-hybridized carbons (Fsp3) is 0.208. The first kappa shape index (κ1) is 17.9. The van der Waals surface area contributed by atoms with Gasteiger partial charge < -0.3 is 0 Å². The lowest BCUT2D eigenvalue weighted by Gasteiger charge is -2.10. The number of pyridine rings is 1. The van der Waals surface area contributed by atoms with E-state index in [0.717, 1.165) is 28.2 Å². The first-order valence-corrected chi connectivity index (χ1v) is 9.49. The second-order valence-corrected chi connectivity index (χ2v) is 7.47. The Morgan fingerprint density at radius 1 is 1.04 bits per heavy atom. The molecule has 4 aromatic rings. The molecule has 4 heteroatoms. The molecule has 0 spiro atoms. The van der Waals surface area contributed by atoms with Crippen LogP contribution in [-0.4, -0.2) is 9.78 Å². The molecule has 2 aromatic carbocycles. The van der Waals surface area contributed by atoms with Gasteiger partial charge in [-0.3, -0.25) is 4.68 Å². The van der Waals surface area contributed by atoms with Crippen LogP contribution in [0.1, 0.15) is 36.7 Å². The predicted octanol–water partition coefficient (Wildman–Crippen LogP) is 5.05. The Bertz CT molecular complexity index is 1230. The Morgan fingerprint density at radius 3 is 2.46 bits per heavy atom. The molecule has 0 amide bonds. The van der Waals surface area contributed by atoms with Crippen molar-refractivity contribution in [2.24, 2.45) is 0 Å². The van der Waals surface area contributed by atoms with Gasteiger partial charge in [-0.25, -0.2) is 0 Å². The zero-order chi connectivity index (χ0) is 19.8. The third kappa shape index (κ3) is 3.05. The normalized spacial score (nSPS) is 11.1. The van der Waals surface area contributed by atoms with Crippen LogP contribution in [0.15, 0.2) is 60.9 Å². The summed E-state index contributed by atoms with van der Waals surface area (Å²) >= 11 is 0. The first-order chi connectivity index (χ1) is 13.5. The van der Waals surface area contributed by atoms with Crippen molar-refractivity contribution in [1.29, 1.82) is 5.26 Å². The molecule has 0 radical (unpaired) electrons. The molecule has 0 saturated heterocycles. The number of benzene rings is 2. The molecular weight excluding hydrogens is 344 g/mol. The van der Waals surface area contributed by atoms with Gasteiger partial charge in [-0.15, -0.1) is 0 Å². The minimum atomic E-state index is 0.296. The average molecular weight is 367 g/mol. The summed E-state index contributed by atoms with van der Waals surface area (Å²) in [4.78, 5) is 0. The van der Waals surface area contributed by atoms with E-state index in [1.54, 1.807) is 0 Å². The summed E-state index contributed by atoms with van der Waals surface area (Å²) in [6.45, 7) is 8.41. The largest absolute Gasteiger partial charge is 0.270 e. The van der Waals surface area contributed by atoms with Gasteiger partial charge in [0.1, 0.15) is 0 Å². The van der Waals surface area contributed by atoms with Gasteiger partial charge in [0.25, 0.3) is 0 Å². The van der Waals surface area contributed by atoms with Crippen molar-refractivity contribution in [2.75, 3.05) is 0 Å². The van der Waals surface area contributed by atoms with E-state index in [1.807, 2.05) is 35.1 Å². The van der Waals surface area contributed by atoms with Crippen molar-refractivity contribution in [2.45, 2.75) is 33.7 Å². The summed E-state index contributed by atoms with van der Waals surface area (Å²) in [5.41, 5.74) is 5.76. The molecule has 4 nitrogen and oxygen atoms in total. The Balaban J connectivity index is 1.95. The SMILES string of the molecule is Cc1c(-c2ccn(C(C)C)n2)cc(C#N)cc1-[n+]1cc2ccccc2cc1C. The second kappa shape index (κ2) is 6.94. The molecule has 138 valence electrons. The Kier molecular flexibility index (Phi) is 4.44. The Hall–Kier alpha value is -3.45. The van der Waals surface area contributed by atoms with Crippen LogP contribution in [0.2, 0.25) is 0 Å². The van der Waals surface area contributed by atoms with Crippen LogP contribution in [-0.2, 0) is 0 Å². The number of nitriles is 1. The number of fused-ring (bicyclic) bond motifs is 1. The summed E-state index contributed by atoms with van der Waals surface area (Å²) in [5.74, 6) is 0. The van der Waals surface area contributed by atoms with Crippen molar-refractivity contribution < 1.29 is 4.57 Å².